The molecule has 0 saturated heterocycles. The van der Waals surface area contributed by atoms with Crippen molar-refractivity contribution in [3.63, 3.8) is 0 Å². The minimum absolute atomic E-state index is 0. The second-order valence-corrected chi connectivity index (χ2v) is 6.34. The number of alkyl halides is 3. The number of hydrogen-bond donors (Lipinski definition) is 2. The molecule has 0 saturated carbocycles. The van der Waals surface area contributed by atoms with Crippen molar-refractivity contribution in [2.24, 2.45) is 4.99 Å². The maximum atomic E-state index is 12.6. The first kappa shape index (κ1) is 23.6. The zero-order valence-corrected chi connectivity index (χ0v) is 18.8. The predicted octanol–water partition coefficient (Wildman–Crippen LogP) is 4.08. The molecule has 3 rings (SSSR count). The molecular weight excluding hydrogens is 508 g/mol. The number of aromatic nitrogens is 3. The Morgan fingerprint density at radius 2 is 1.63 bits per heavy atom. The van der Waals surface area contributed by atoms with E-state index in [-0.39, 0.29) is 24.0 Å². The van der Waals surface area contributed by atoms with Crippen molar-refractivity contribution >= 4 is 29.9 Å². The molecule has 0 aliphatic rings. The number of nitrogens with one attached hydrogen (secondary N) is 2. The second-order valence-electron chi connectivity index (χ2n) is 6.34. The maximum absolute atomic E-state index is 12.6. The van der Waals surface area contributed by atoms with Gasteiger partial charge in [0, 0.05) is 38.7 Å². The fraction of sp³-hybridized carbons (Fsp3) is 0.250. The van der Waals surface area contributed by atoms with Gasteiger partial charge in [-0.15, -0.1) is 24.0 Å². The summed E-state index contributed by atoms with van der Waals surface area (Å²) in [5.41, 5.74) is 1.03. The van der Waals surface area contributed by atoms with E-state index >= 15 is 0 Å². The van der Waals surface area contributed by atoms with Crippen LogP contribution in [-0.2, 0) is 19.3 Å². The molecule has 0 atom stereocenters. The van der Waals surface area contributed by atoms with Crippen LogP contribution in [0.4, 0.5) is 13.2 Å². The molecule has 160 valence electrons. The summed E-state index contributed by atoms with van der Waals surface area (Å²) in [6, 6.07) is 8.90. The van der Waals surface area contributed by atoms with Crippen molar-refractivity contribution in [1.82, 2.24) is 25.2 Å². The number of pyridine rings is 1. The van der Waals surface area contributed by atoms with Crippen molar-refractivity contribution < 1.29 is 13.2 Å². The van der Waals surface area contributed by atoms with Gasteiger partial charge in [-0.05, 0) is 36.2 Å². The first-order chi connectivity index (χ1) is 13.9. The molecule has 0 aliphatic carbocycles. The molecule has 0 aliphatic heterocycles. The fourth-order valence-corrected chi connectivity index (χ4v) is 2.69. The van der Waals surface area contributed by atoms with Crippen LogP contribution < -0.4 is 10.6 Å². The number of nitrogens with zero attached hydrogens (tertiary/aromatic N) is 4. The van der Waals surface area contributed by atoms with Crippen LogP contribution in [0.25, 0.3) is 5.82 Å². The predicted molar refractivity (Wildman–Crippen MR) is 120 cm³/mol. The number of halogens is 4. The summed E-state index contributed by atoms with van der Waals surface area (Å²) in [5.74, 6) is 2.18. The molecule has 0 bridgehead atoms. The van der Waals surface area contributed by atoms with E-state index in [9.17, 15) is 13.2 Å². The number of guanidine groups is 1. The molecule has 0 spiro atoms. The topological polar surface area (TPSA) is 67.1 Å². The molecule has 30 heavy (non-hydrogen) atoms. The van der Waals surface area contributed by atoms with Crippen LogP contribution in [0.5, 0.6) is 0 Å². The lowest BCUT2D eigenvalue weighted by Crippen LogP contribution is -2.36. The van der Waals surface area contributed by atoms with E-state index in [0.717, 1.165) is 34.9 Å². The van der Waals surface area contributed by atoms with Crippen molar-refractivity contribution in [2.75, 3.05) is 7.05 Å². The van der Waals surface area contributed by atoms with Gasteiger partial charge in [-0.1, -0.05) is 18.2 Å². The number of benzene rings is 1. The number of aryl methyl sites for hydroxylation is 1. The Kier molecular flexibility index (Phi) is 8.21. The van der Waals surface area contributed by atoms with Crippen LogP contribution in [0.3, 0.4) is 0 Å². The molecule has 2 N–H and O–H groups in total. The van der Waals surface area contributed by atoms with Crippen LogP contribution in [0, 0.1) is 6.92 Å². The highest BCUT2D eigenvalue weighted by atomic mass is 127. The summed E-state index contributed by atoms with van der Waals surface area (Å²) in [4.78, 5) is 12.7. The van der Waals surface area contributed by atoms with Gasteiger partial charge in [-0.3, -0.25) is 9.56 Å². The average molecular weight is 530 g/mol. The van der Waals surface area contributed by atoms with Crippen LogP contribution in [0.1, 0.15) is 22.5 Å². The Morgan fingerprint density at radius 3 is 2.13 bits per heavy atom. The van der Waals surface area contributed by atoms with Crippen LogP contribution in [-0.4, -0.2) is 27.5 Å². The van der Waals surface area contributed by atoms with Gasteiger partial charge in [0.15, 0.2) is 5.96 Å². The van der Waals surface area contributed by atoms with Gasteiger partial charge in [0.25, 0.3) is 0 Å². The summed E-state index contributed by atoms with van der Waals surface area (Å²) in [6.45, 7) is 2.77. The molecule has 1 aromatic carbocycles. The summed E-state index contributed by atoms with van der Waals surface area (Å²) in [6.07, 6.45) is 1.01. The average Bonchev–Trinajstić information content (AvgIpc) is 3.14. The van der Waals surface area contributed by atoms with Crippen molar-refractivity contribution in [3.8, 4) is 5.82 Å². The highest BCUT2D eigenvalue weighted by Crippen LogP contribution is 2.29. The van der Waals surface area contributed by atoms with Gasteiger partial charge in [0.05, 0.1) is 5.56 Å². The first-order valence-electron chi connectivity index (χ1n) is 8.93. The van der Waals surface area contributed by atoms with Crippen molar-refractivity contribution in [1.29, 1.82) is 0 Å². The monoisotopic (exact) mass is 530 g/mol. The maximum Gasteiger partial charge on any atom is 0.416 e. The molecule has 0 unspecified atom stereocenters. The van der Waals surface area contributed by atoms with Gasteiger partial charge in [-0.2, -0.15) is 13.2 Å². The highest BCUT2D eigenvalue weighted by molar-refractivity contribution is 14.0. The number of hydrogen-bond acceptors (Lipinski definition) is 3. The van der Waals surface area contributed by atoms with E-state index in [2.05, 4.69) is 25.6 Å². The Hall–Kier alpha value is -2.63. The third kappa shape index (κ3) is 6.18. The highest BCUT2D eigenvalue weighted by Gasteiger charge is 2.29. The van der Waals surface area contributed by atoms with E-state index in [4.69, 9.17) is 0 Å². The van der Waals surface area contributed by atoms with Gasteiger partial charge in [0.1, 0.15) is 11.6 Å². The summed E-state index contributed by atoms with van der Waals surface area (Å²) < 4.78 is 39.8. The smallest absolute Gasteiger partial charge is 0.352 e. The van der Waals surface area contributed by atoms with E-state index in [1.54, 1.807) is 19.4 Å². The second kappa shape index (κ2) is 10.4. The van der Waals surface area contributed by atoms with Crippen molar-refractivity contribution in [3.05, 3.63) is 77.5 Å². The van der Waals surface area contributed by atoms with Crippen LogP contribution in [0.2, 0.25) is 0 Å². The molecule has 0 fully saturated rings. The lowest BCUT2D eigenvalue weighted by molar-refractivity contribution is -0.137. The zero-order chi connectivity index (χ0) is 20.9. The normalized spacial score (nSPS) is 11.7. The SMILES string of the molecule is CN=C(NCc1ccc(C(F)(F)F)cc1)NCc1ccc(-n2ccnc2C)nc1.I. The van der Waals surface area contributed by atoms with E-state index in [0.29, 0.717) is 19.0 Å². The number of imidazole rings is 1. The van der Waals surface area contributed by atoms with E-state index in [1.165, 1.54) is 12.1 Å². The summed E-state index contributed by atoms with van der Waals surface area (Å²) in [7, 11) is 1.63. The van der Waals surface area contributed by atoms with Gasteiger partial charge >= 0.3 is 6.18 Å². The first-order valence-corrected chi connectivity index (χ1v) is 8.93. The zero-order valence-electron chi connectivity index (χ0n) is 16.4. The van der Waals surface area contributed by atoms with Crippen LogP contribution in [0.15, 0.2) is 60.0 Å². The minimum atomic E-state index is -4.33. The molecule has 3 aromatic rings. The largest absolute Gasteiger partial charge is 0.416 e. The summed E-state index contributed by atoms with van der Waals surface area (Å²) >= 11 is 0. The van der Waals surface area contributed by atoms with Crippen molar-refractivity contribution in [2.45, 2.75) is 26.2 Å². The summed E-state index contributed by atoms with van der Waals surface area (Å²) in [5, 5.41) is 6.24. The molecule has 6 nitrogen and oxygen atoms in total. The molecule has 0 amide bonds. The number of rotatable bonds is 5. The van der Waals surface area contributed by atoms with Gasteiger partial charge < -0.3 is 10.6 Å². The van der Waals surface area contributed by atoms with E-state index in [1.807, 2.05) is 29.8 Å². The fourth-order valence-electron chi connectivity index (χ4n) is 2.69. The third-order valence-electron chi connectivity index (χ3n) is 4.31. The Bertz CT molecular complexity index is 965. The molecule has 10 heteroatoms. The Morgan fingerprint density at radius 1 is 1.00 bits per heavy atom. The third-order valence-corrected chi connectivity index (χ3v) is 4.31. The molecule has 2 heterocycles. The van der Waals surface area contributed by atoms with Gasteiger partial charge in [-0.25, -0.2) is 9.97 Å². The lowest BCUT2D eigenvalue weighted by Gasteiger charge is -2.13. The minimum Gasteiger partial charge on any atom is -0.352 e. The number of aliphatic imine (C=N–C) groups is 1. The Balaban J connectivity index is 0.00000320. The van der Waals surface area contributed by atoms with Gasteiger partial charge in [0.2, 0.25) is 0 Å². The Labute approximate surface area is 189 Å². The molecule has 2 aromatic heterocycles. The van der Waals surface area contributed by atoms with E-state index < -0.39 is 11.7 Å². The molecule has 0 radical (unpaired) electrons. The lowest BCUT2D eigenvalue weighted by atomic mass is 10.1. The standard InChI is InChI=1S/C20H21F3N6.HI/c1-14-25-9-10-29(14)18-8-5-16(12-26-18)13-28-19(24-2)27-11-15-3-6-17(7-4-15)20(21,22)23;/h3-10,12H,11,13H2,1-2H3,(H2,24,27,28);1H. The quantitative estimate of drug-likeness (QED) is 0.297. The van der Waals surface area contributed by atoms with Crippen LogP contribution >= 0.6 is 24.0 Å². The molecular formula is C20H22F3IN6.